The molecule has 1 N–H and O–H groups in total. The molecule has 2 heterocycles. The van der Waals surface area contributed by atoms with E-state index in [1.807, 2.05) is 56.3 Å². The Morgan fingerprint density at radius 1 is 1.21 bits per heavy atom. The fourth-order valence-corrected chi connectivity index (χ4v) is 5.23. The molecular weight excluding hydrogens is 458 g/mol. The lowest BCUT2D eigenvalue weighted by atomic mass is 10.1. The predicted octanol–water partition coefficient (Wildman–Crippen LogP) is 6.21. The number of carbonyl (C=O) groups excluding carboxylic acids is 1. The first-order valence-corrected chi connectivity index (χ1v) is 11.1. The second kappa shape index (κ2) is 8.06. The number of aromatic nitrogens is 2. The minimum absolute atomic E-state index is 0.273. The topological polar surface area (TPSA) is 68.0 Å². The van der Waals surface area contributed by atoms with Gasteiger partial charge in [0.1, 0.15) is 10.6 Å². The summed E-state index contributed by atoms with van der Waals surface area (Å²) in [5.41, 5.74) is 3.36. The van der Waals surface area contributed by atoms with Crippen molar-refractivity contribution in [3.63, 3.8) is 0 Å². The molecule has 4 rings (SSSR count). The molecule has 4 aromatic rings. The molecule has 0 saturated carbocycles. The van der Waals surface area contributed by atoms with Crippen LogP contribution in [0, 0.1) is 13.8 Å². The zero-order valence-corrected chi connectivity index (χ0v) is 18.4. The van der Waals surface area contributed by atoms with Crippen LogP contribution in [0.1, 0.15) is 26.7 Å². The Bertz CT molecular complexity index is 1170. The molecule has 0 aliphatic carbocycles. The zero-order chi connectivity index (χ0) is 19.7. The van der Waals surface area contributed by atoms with Crippen molar-refractivity contribution in [3.8, 4) is 0 Å². The summed E-state index contributed by atoms with van der Waals surface area (Å²) in [5, 5.41) is 13.0. The lowest BCUT2D eigenvalue weighted by Crippen LogP contribution is -2.13. The highest BCUT2D eigenvalue weighted by molar-refractivity contribution is 9.10. The SMILES string of the molecule is Cc1ccc(NC(=O)c2oc3ccccc3c2CSc2nnc(C)s2)c(Br)c1. The molecule has 1 amide bonds. The number of hydrogen-bond donors (Lipinski definition) is 1. The van der Waals surface area contributed by atoms with E-state index >= 15 is 0 Å². The van der Waals surface area contributed by atoms with E-state index in [0.717, 1.165) is 30.3 Å². The van der Waals surface area contributed by atoms with E-state index in [-0.39, 0.29) is 5.91 Å². The maximum Gasteiger partial charge on any atom is 0.291 e. The highest BCUT2D eigenvalue weighted by atomic mass is 79.9. The first-order valence-electron chi connectivity index (χ1n) is 8.52. The highest BCUT2D eigenvalue weighted by Gasteiger charge is 2.22. The number of aryl methyl sites for hydroxylation is 2. The van der Waals surface area contributed by atoms with Crippen LogP contribution < -0.4 is 5.32 Å². The Kier molecular flexibility index (Phi) is 5.52. The number of halogens is 1. The van der Waals surface area contributed by atoms with E-state index in [1.165, 1.54) is 11.3 Å². The van der Waals surface area contributed by atoms with Crippen molar-refractivity contribution in [3.05, 3.63) is 68.8 Å². The maximum atomic E-state index is 13.0. The molecule has 0 aliphatic heterocycles. The molecule has 8 heteroatoms. The van der Waals surface area contributed by atoms with E-state index in [1.54, 1.807) is 11.8 Å². The molecule has 0 bridgehead atoms. The highest BCUT2D eigenvalue weighted by Crippen LogP contribution is 2.34. The number of nitrogens with one attached hydrogen (secondary N) is 1. The van der Waals surface area contributed by atoms with Gasteiger partial charge in [0.2, 0.25) is 0 Å². The van der Waals surface area contributed by atoms with Gasteiger partial charge in [0.25, 0.3) is 5.91 Å². The van der Waals surface area contributed by atoms with Crippen molar-refractivity contribution >= 4 is 61.6 Å². The first-order chi connectivity index (χ1) is 13.5. The van der Waals surface area contributed by atoms with Crippen LogP contribution in [-0.2, 0) is 5.75 Å². The van der Waals surface area contributed by atoms with E-state index in [4.69, 9.17) is 4.42 Å². The van der Waals surface area contributed by atoms with Gasteiger partial charge in [-0.1, -0.05) is 47.4 Å². The summed E-state index contributed by atoms with van der Waals surface area (Å²) in [6, 6.07) is 13.5. The summed E-state index contributed by atoms with van der Waals surface area (Å²) in [6.07, 6.45) is 0. The monoisotopic (exact) mass is 473 g/mol. The average Bonchev–Trinajstić information content (AvgIpc) is 3.25. The van der Waals surface area contributed by atoms with E-state index in [9.17, 15) is 4.79 Å². The molecular formula is C20H16BrN3O2S2. The number of hydrogen-bond acceptors (Lipinski definition) is 6. The number of amides is 1. The first kappa shape index (κ1) is 19.2. The molecule has 28 heavy (non-hydrogen) atoms. The second-order valence-electron chi connectivity index (χ2n) is 6.22. The Hall–Kier alpha value is -2.16. The molecule has 0 spiro atoms. The largest absolute Gasteiger partial charge is 0.451 e. The van der Waals surface area contributed by atoms with Crippen molar-refractivity contribution in [2.24, 2.45) is 0 Å². The third-order valence-electron chi connectivity index (χ3n) is 4.12. The van der Waals surface area contributed by atoms with Crippen LogP contribution in [0.25, 0.3) is 11.0 Å². The second-order valence-corrected chi connectivity index (χ2v) is 9.48. The molecule has 0 fully saturated rings. The molecule has 0 aliphatic rings. The number of rotatable bonds is 5. The van der Waals surface area contributed by atoms with Gasteiger partial charge in [-0.3, -0.25) is 4.79 Å². The zero-order valence-electron chi connectivity index (χ0n) is 15.2. The summed E-state index contributed by atoms with van der Waals surface area (Å²) < 4.78 is 7.62. The molecule has 5 nitrogen and oxygen atoms in total. The minimum atomic E-state index is -0.273. The number of anilines is 1. The van der Waals surface area contributed by atoms with E-state index in [0.29, 0.717) is 22.8 Å². The van der Waals surface area contributed by atoms with Crippen molar-refractivity contribution in [2.75, 3.05) is 5.32 Å². The maximum absolute atomic E-state index is 13.0. The molecule has 2 aromatic heterocycles. The predicted molar refractivity (Wildman–Crippen MR) is 117 cm³/mol. The van der Waals surface area contributed by atoms with Crippen molar-refractivity contribution in [1.82, 2.24) is 10.2 Å². The van der Waals surface area contributed by atoms with Crippen LogP contribution >= 0.6 is 39.0 Å². The Balaban J connectivity index is 1.66. The number of para-hydroxylation sites is 1. The Morgan fingerprint density at radius 2 is 2.04 bits per heavy atom. The third-order valence-corrected chi connectivity index (χ3v) is 6.78. The Labute approximate surface area is 178 Å². The van der Waals surface area contributed by atoms with Gasteiger partial charge in [-0.15, -0.1) is 10.2 Å². The van der Waals surface area contributed by atoms with Crippen LogP contribution in [0.4, 0.5) is 5.69 Å². The van der Waals surface area contributed by atoms with Gasteiger partial charge in [0.05, 0.1) is 5.69 Å². The third kappa shape index (κ3) is 3.99. The van der Waals surface area contributed by atoms with Crippen molar-refractivity contribution in [1.29, 1.82) is 0 Å². The normalized spacial score (nSPS) is 11.1. The Morgan fingerprint density at radius 3 is 2.79 bits per heavy atom. The summed E-state index contributed by atoms with van der Waals surface area (Å²) in [7, 11) is 0. The van der Waals surface area contributed by atoms with Gasteiger partial charge >= 0.3 is 0 Å². The van der Waals surface area contributed by atoms with E-state index in [2.05, 4.69) is 31.4 Å². The average molecular weight is 474 g/mol. The molecule has 0 saturated heterocycles. The van der Waals surface area contributed by atoms with Gasteiger partial charge in [0, 0.05) is 21.2 Å². The van der Waals surface area contributed by atoms with E-state index < -0.39 is 0 Å². The van der Waals surface area contributed by atoms with Crippen LogP contribution in [0.2, 0.25) is 0 Å². The number of nitrogens with zero attached hydrogens (tertiary/aromatic N) is 2. The number of fused-ring (bicyclic) bond motifs is 1. The lowest BCUT2D eigenvalue weighted by molar-refractivity contribution is 0.0997. The molecule has 0 unspecified atom stereocenters. The quantitative estimate of drug-likeness (QED) is 0.349. The van der Waals surface area contributed by atoms with Gasteiger partial charge in [-0.2, -0.15) is 0 Å². The van der Waals surface area contributed by atoms with Crippen LogP contribution in [0.5, 0.6) is 0 Å². The molecule has 2 aromatic carbocycles. The summed E-state index contributed by atoms with van der Waals surface area (Å²) >= 11 is 6.59. The molecule has 0 radical (unpaired) electrons. The van der Waals surface area contributed by atoms with Crippen molar-refractivity contribution < 1.29 is 9.21 Å². The lowest BCUT2D eigenvalue weighted by Gasteiger charge is -2.08. The van der Waals surface area contributed by atoms with Gasteiger partial charge in [-0.05, 0) is 53.5 Å². The number of furan rings is 1. The number of thioether (sulfide) groups is 1. The summed E-state index contributed by atoms with van der Waals surface area (Å²) in [4.78, 5) is 13.0. The van der Waals surface area contributed by atoms with Gasteiger partial charge in [-0.25, -0.2) is 0 Å². The minimum Gasteiger partial charge on any atom is -0.451 e. The smallest absolute Gasteiger partial charge is 0.291 e. The van der Waals surface area contributed by atoms with Gasteiger partial charge < -0.3 is 9.73 Å². The summed E-state index contributed by atoms with van der Waals surface area (Å²) in [5.74, 6) is 0.621. The van der Waals surface area contributed by atoms with Crippen molar-refractivity contribution in [2.45, 2.75) is 23.9 Å². The fraction of sp³-hybridized carbons (Fsp3) is 0.150. The van der Waals surface area contributed by atoms with Crippen LogP contribution in [-0.4, -0.2) is 16.1 Å². The van der Waals surface area contributed by atoms with Gasteiger partial charge in [0.15, 0.2) is 10.1 Å². The fourth-order valence-electron chi connectivity index (χ4n) is 2.80. The standard InChI is InChI=1S/C20H16BrN3O2S2/c1-11-7-8-16(15(21)9-11)22-19(25)18-14(10-27-20-24-23-12(2)28-20)13-5-3-4-6-17(13)26-18/h3-9H,10H2,1-2H3,(H,22,25). The number of benzene rings is 2. The molecule has 0 atom stereocenters. The number of carbonyl (C=O) groups is 1. The van der Waals surface area contributed by atoms with Crippen LogP contribution in [0.15, 0.2) is 55.7 Å². The van der Waals surface area contributed by atoms with Crippen LogP contribution in [0.3, 0.4) is 0 Å². The molecule has 142 valence electrons. The summed E-state index contributed by atoms with van der Waals surface area (Å²) in [6.45, 7) is 3.92.